The zero-order chi connectivity index (χ0) is 16.4. The summed E-state index contributed by atoms with van der Waals surface area (Å²) in [5.41, 5.74) is 4.29. The summed E-state index contributed by atoms with van der Waals surface area (Å²) in [4.78, 5) is 0. The molecule has 3 aromatic heterocycles. The second-order valence-corrected chi connectivity index (χ2v) is 5.60. The van der Waals surface area contributed by atoms with E-state index in [1.807, 2.05) is 50.0 Å². The molecule has 7 nitrogen and oxygen atoms in total. The fraction of sp³-hybridized carbons (Fsp3) is 0.375. The Labute approximate surface area is 135 Å². The Balaban J connectivity index is 1.71. The van der Waals surface area contributed by atoms with Crippen molar-refractivity contribution in [2.45, 2.75) is 33.7 Å². The third kappa shape index (κ3) is 3.23. The van der Waals surface area contributed by atoms with Crippen LogP contribution in [0.1, 0.15) is 29.6 Å². The van der Waals surface area contributed by atoms with Crippen molar-refractivity contribution in [2.75, 3.05) is 5.32 Å². The average Bonchev–Trinajstić information content (AvgIpc) is 3.07. The third-order valence-corrected chi connectivity index (χ3v) is 3.66. The Morgan fingerprint density at radius 2 is 1.96 bits per heavy atom. The summed E-state index contributed by atoms with van der Waals surface area (Å²) in [6, 6.07) is 5.85. The SMILES string of the molecule is CCc1nn(C)cc1CNc1ccc(-n2nc(C)cc2C)nn1. The molecule has 7 heteroatoms. The topological polar surface area (TPSA) is 73.5 Å². The maximum absolute atomic E-state index is 4.44. The molecule has 3 aromatic rings. The summed E-state index contributed by atoms with van der Waals surface area (Å²) in [5.74, 6) is 1.46. The van der Waals surface area contributed by atoms with E-state index in [2.05, 4.69) is 32.6 Å². The van der Waals surface area contributed by atoms with Crippen LogP contribution in [0.4, 0.5) is 5.82 Å². The number of nitrogens with one attached hydrogen (secondary N) is 1. The fourth-order valence-corrected chi connectivity index (χ4v) is 2.61. The predicted octanol–water partition coefficient (Wildman–Crippen LogP) is 2.19. The van der Waals surface area contributed by atoms with E-state index >= 15 is 0 Å². The van der Waals surface area contributed by atoms with Crippen LogP contribution >= 0.6 is 0 Å². The van der Waals surface area contributed by atoms with Crippen molar-refractivity contribution in [3.63, 3.8) is 0 Å². The normalized spacial score (nSPS) is 11.0. The summed E-state index contributed by atoms with van der Waals surface area (Å²) in [6.45, 7) is 6.76. The molecule has 23 heavy (non-hydrogen) atoms. The van der Waals surface area contributed by atoms with Gasteiger partial charge in [-0.05, 0) is 38.5 Å². The number of aryl methyl sites for hydroxylation is 4. The molecule has 0 aliphatic carbocycles. The highest BCUT2D eigenvalue weighted by atomic mass is 15.4. The van der Waals surface area contributed by atoms with E-state index in [1.54, 1.807) is 4.68 Å². The van der Waals surface area contributed by atoms with E-state index in [0.29, 0.717) is 6.54 Å². The highest BCUT2D eigenvalue weighted by Gasteiger charge is 2.08. The second-order valence-electron chi connectivity index (χ2n) is 5.60. The maximum atomic E-state index is 4.44. The van der Waals surface area contributed by atoms with Crippen LogP contribution in [0.3, 0.4) is 0 Å². The quantitative estimate of drug-likeness (QED) is 0.782. The lowest BCUT2D eigenvalue weighted by molar-refractivity contribution is 0.746. The average molecular weight is 311 g/mol. The Hall–Kier alpha value is -2.70. The number of hydrogen-bond acceptors (Lipinski definition) is 5. The van der Waals surface area contributed by atoms with Gasteiger partial charge >= 0.3 is 0 Å². The highest BCUT2D eigenvalue weighted by Crippen LogP contribution is 2.13. The molecule has 120 valence electrons. The summed E-state index contributed by atoms with van der Waals surface area (Å²) in [6.07, 6.45) is 2.95. The first-order valence-corrected chi connectivity index (χ1v) is 7.69. The van der Waals surface area contributed by atoms with Crippen LogP contribution in [0.2, 0.25) is 0 Å². The summed E-state index contributed by atoms with van der Waals surface area (Å²) < 4.78 is 3.63. The number of nitrogens with zero attached hydrogens (tertiary/aromatic N) is 6. The molecule has 0 fully saturated rings. The van der Waals surface area contributed by atoms with Crippen LogP contribution in [0.25, 0.3) is 5.82 Å². The van der Waals surface area contributed by atoms with Crippen molar-refractivity contribution in [3.05, 3.63) is 47.0 Å². The minimum atomic E-state index is 0.685. The van der Waals surface area contributed by atoms with Crippen LogP contribution in [-0.2, 0) is 20.0 Å². The molecule has 0 aliphatic rings. The van der Waals surface area contributed by atoms with E-state index in [-0.39, 0.29) is 0 Å². The first-order valence-electron chi connectivity index (χ1n) is 7.69. The van der Waals surface area contributed by atoms with Gasteiger partial charge in [0.1, 0.15) is 5.82 Å². The van der Waals surface area contributed by atoms with Gasteiger partial charge in [0.2, 0.25) is 0 Å². The first-order chi connectivity index (χ1) is 11.1. The lowest BCUT2D eigenvalue weighted by Gasteiger charge is -2.06. The van der Waals surface area contributed by atoms with Gasteiger partial charge in [-0.25, -0.2) is 4.68 Å². The molecule has 0 bridgehead atoms. The van der Waals surface area contributed by atoms with E-state index in [4.69, 9.17) is 0 Å². The van der Waals surface area contributed by atoms with Gasteiger partial charge < -0.3 is 5.32 Å². The number of rotatable bonds is 5. The zero-order valence-electron chi connectivity index (χ0n) is 13.9. The van der Waals surface area contributed by atoms with Gasteiger partial charge in [0, 0.05) is 31.0 Å². The molecule has 0 atom stereocenters. The van der Waals surface area contributed by atoms with E-state index in [0.717, 1.165) is 35.1 Å². The third-order valence-electron chi connectivity index (χ3n) is 3.66. The molecule has 0 spiro atoms. The molecule has 0 radical (unpaired) electrons. The fourth-order valence-electron chi connectivity index (χ4n) is 2.61. The molecule has 3 heterocycles. The first kappa shape index (κ1) is 15.2. The van der Waals surface area contributed by atoms with Gasteiger partial charge in [-0.15, -0.1) is 10.2 Å². The molecule has 0 aliphatic heterocycles. The summed E-state index contributed by atoms with van der Waals surface area (Å²) >= 11 is 0. The van der Waals surface area contributed by atoms with Gasteiger partial charge in [0.25, 0.3) is 0 Å². The number of anilines is 1. The molecule has 1 N–H and O–H groups in total. The predicted molar refractivity (Wildman–Crippen MR) is 88.5 cm³/mol. The lowest BCUT2D eigenvalue weighted by atomic mass is 10.2. The molecule has 0 saturated carbocycles. The zero-order valence-corrected chi connectivity index (χ0v) is 13.9. The molecule has 0 amide bonds. The highest BCUT2D eigenvalue weighted by molar-refractivity contribution is 5.38. The van der Waals surface area contributed by atoms with Gasteiger partial charge in [-0.3, -0.25) is 4.68 Å². The van der Waals surface area contributed by atoms with Crippen molar-refractivity contribution in [1.82, 2.24) is 29.8 Å². The van der Waals surface area contributed by atoms with Gasteiger partial charge in [0.05, 0.1) is 11.4 Å². The Bertz CT molecular complexity index is 798. The molecule has 3 rings (SSSR count). The Morgan fingerprint density at radius 1 is 1.13 bits per heavy atom. The van der Waals surface area contributed by atoms with Crippen molar-refractivity contribution in [3.8, 4) is 5.82 Å². The monoisotopic (exact) mass is 311 g/mol. The van der Waals surface area contributed by atoms with Gasteiger partial charge in [-0.1, -0.05) is 6.92 Å². The Morgan fingerprint density at radius 3 is 2.57 bits per heavy atom. The van der Waals surface area contributed by atoms with Crippen molar-refractivity contribution in [1.29, 1.82) is 0 Å². The number of aromatic nitrogens is 6. The Kier molecular flexibility index (Phi) is 4.10. The molecular weight excluding hydrogens is 290 g/mol. The molecule has 0 saturated heterocycles. The van der Waals surface area contributed by atoms with Crippen LogP contribution in [0, 0.1) is 13.8 Å². The lowest BCUT2D eigenvalue weighted by Crippen LogP contribution is -2.07. The van der Waals surface area contributed by atoms with Crippen LogP contribution in [0.5, 0.6) is 0 Å². The van der Waals surface area contributed by atoms with Crippen LogP contribution < -0.4 is 5.32 Å². The molecule has 0 aromatic carbocycles. The molecular formula is C16H21N7. The second kappa shape index (κ2) is 6.20. The largest absolute Gasteiger partial charge is 0.364 e. The van der Waals surface area contributed by atoms with Gasteiger partial charge in [-0.2, -0.15) is 10.2 Å². The van der Waals surface area contributed by atoms with Crippen molar-refractivity contribution >= 4 is 5.82 Å². The van der Waals surface area contributed by atoms with Gasteiger partial charge in [0.15, 0.2) is 5.82 Å². The standard InChI is InChI=1S/C16H21N7/c1-5-14-13(10-22(4)21-14)9-17-15-6-7-16(19-18-15)23-12(3)8-11(2)20-23/h6-8,10H,5,9H2,1-4H3,(H,17,18). The van der Waals surface area contributed by atoms with Crippen molar-refractivity contribution in [2.24, 2.45) is 7.05 Å². The van der Waals surface area contributed by atoms with E-state index in [9.17, 15) is 0 Å². The van der Waals surface area contributed by atoms with Crippen molar-refractivity contribution < 1.29 is 0 Å². The smallest absolute Gasteiger partial charge is 0.176 e. The molecule has 0 unspecified atom stereocenters. The maximum Gasteiger partial charge on any atom is 0.176 e. The minimum absolute atomic E-state index is 0.685. The van der Waals surface area contributed by atoms with E-state index in [1.165, 1.54) is 5.56 Å². The van der Waals surface area contributed by atoms with Crippen LogP contribution in [0.15, 0.2) is 24.4 Å². The summed E-state index contributed by atoms with van der Waals surface area (Å²) in [5, 5.41) is 20.6. The summed E-state index contributed by atoms with van der Waals surface area (Å²) in [7, 11) is 1.94. The van der Waals surface area contributed by atoms with E-state index < -0.39 is 0 Å². The minimum Gasteiger partial charge on any atom is -0.364 e. The number of hydrogen-bond donors (Lipinski definition) is 1. The van der Waals surface area contributed by atoms with Crippen LogP contribution in [-0.4, -0.2) is 29.8 Å².